The number of halogens is 3. The highest BCUT2D eigenvalue weighted by molar-refractivity contribution is 5.79. The zero-order valence-electron chi connectivity index (χ0n) is 18.5. The summed E-state index contributed by atoms with van der Waals surface area (Å²) in [6.45, 7) is 0.611. The molecule has 1 aromatic heterocycles. The molecule has 0 radical (unpaired) electrons. The number of alkyl halides is 3. The normalized spacial score (nSPS) is 18.6. The van der Waals surface area contributed by atoms with E-state index in [2.05, 4.69) is 20.2 Å². The molecule has 1 aliphatic rings. The van der Waals surface area contributed by atoms with Crippen molar-refractivity contribution in [3.05, 3.63) is 60.0 Å². The van der Waals surface area contributed by atoms with Crippen molar-refractivity contribution in [3.8, 4) is 22.9 Å². The fraction of sp³-hybridized carbons (Fsp3) is 0.348. The zero-order chi connectivity index (χ0) is 24.3. The second-order valence-corrected chi connectivity index (χ2v) is 8.01. The highest BCUT2D eigenvalue weighted by atomic mass is 19.4. The third kappa shape index (κ3) is 5.84. The molecule has 2 unspecified atom stereocenters. The Balaban J connectivity index is 1.35. The summed E-state index contributed by atoms with van der Waals surface area (Å²) in [6, 6.07) is 12.3. The average Bonchev–Trinajstić information content (AvgIpc) is 3.40. The topological polar surface area (TPSA) is 89.7 Å². The number of nitrogens with one attached hydrogen (secondary N) is 1. The van der Waals surface area contributed by atoms with Gasteiger partial charge in [0.2, 0.25) is 17.6 Å². The molecule has 4 rings (SSSR count). The van der Waals surface area contributed by atoms with Crippen molar-refractivity contribution in [1.29, 1.82) is 0 Å². The Morgan fingerprint density at radius 3 is 2.47 bits per heavy atom. The summed E-state index contributed by atoms with van der Waals surface area (Å²) >= 11 is 0. The molecule has 1 amide bonds. The third-order valence-corrected chi connectivity index (χ3v) is 5.51. The Labute approximate surface area is 193 Å². The lowest BCUT2D eigenvalue weighted by atomic mass is 10.1. The van der Waals surface area contributed by atoms with Crippen LogP contribution in [-0.4, -0.2) is 54.1 Å². The van der Waals surface area contributed by atoms with Crippen molar-refractivity contribution in [2.45, 2.75) is 31.3 Å². The van der Waals surface area contributed by atoms with Gasteiger partial charge in [-0.25, -0.2) is 0 Å². The van der Waals surface area contributed by atoms with Crippen LogP contribution >= 0.6 is 0 Å². The van der Waals surface area contributed by atoms with E-state index in [9.17, 15) is 18.0 Å². The molecule has 11 heteroatoms. The first kappa shape index (κ1) is 23.6. The summed E-state index contributed by atoms with van der Waals surface area (Å²) in [5.41, 5.74) is 1.38. The van der Waals surface area contributed by atoms with E-state index in [0.717, 1.165) is 11.3 Å². The second kappa shape index (κ2) is 9.72. The zero-order valence-corrected chi connectivity index (χ0v) is 18.5. The van der Waals surface area contributed by atoms with Gasteiger partial charge in [-0.2, -0.15) is 4.98 Å². The lowest BCUT2D eigenvalue weighted by Crippen LogP contribution is -2.37. The minimum absolute atomic E-state index is 0.0865. The molecule has 0 saturated carbocycles. The van der Waals surface area contributed by atoms with E-state index in [1.807, 2.05) is 36.2 Å². The van der Waals surface area contributed by atoms with Gasteiger partial charge in [-0.3, -0.25) is 9.69 Å². The van der Waals surface area contributed by atoms with Gasteiger partial charge >= 0.3 is 6.36 Å². The number of likely N-dealkylation sites (N-methyl/N-ethyl adjacent to an activating group) is 1. The number of hydrogen-bond acceptors (Lipinski definition) is 7. The quantitative estimate of drug-likeness (QED) is 0.556. The van der Waals surface area contributed by atoms with Crippen molar-refractivity contribution in [2.24, 2.45) is 0 Å². The predicted octanol–water partition coefficient (Wildman–Crippen LogP) is 3.75. The predicted molar refractivity (Wildman–Crippen MR) is 115 cm³/mol. The number of amides is 1. The molecule has 2 atom stereocenters. The summed E-state index contributed by atoms with van der Waals surface area (Å²) < 4.78 is 51.4. The summed E-state index contributed by atoms with van der Waals surface area (Å²) in [6.07, 6.45) is -3.91. The fourth-order valence-electron chi connectivity index (χ4n) is 3.89. The maximum atomic E-state index is 12.5. The summed E-state index contributed by atoms with van der Waals surface area (Å²) in [7, 11) is 3.48. The number of benzene rings is 2. The minimum atomic E-state index is -4.76. The highest BCUT2D eigenvalue weighted by Gasteiger charge is 2.35. The van der Waals surface area contributed by atoms with Crippen LogP contribution in [0.5, 0.6) is 11.5 Å². The van der Waals surface area contributed by atoms with Gasteiger partial charge in [0, 0.05) is 18.2 Å². The average molecular weight is 476 g/mol. The molecule has 0 spiro atoms. The molecule has 1 aliphatic heterocycles. The van der Waals surface area contributed by atoms with Gasteiger partial charge in [0.05, 0.1) is 19.6 Å². The maximum Gasteiger partial charge on any atom is 0.573 e. The molecule has 0 bridgehead atoms. The van der Waals surface area contributed by atoms with Crippen molar-refractivity contribution < 1.29 is 32.0 Å². The molecule has 3 aromatic rings. The first-order chi connectivity index (χ1) is 16.2. The van der Waals surface area contributed by atoms with Gasteiger partial charge in [0.25, 0.3) is 0 Å². The Bertz CT molecular complexity index is 1120. The number of carbonyl (C=O) groups is 1. The van der Waals surface area contributed by atoms with Crippen LogP contribution < -0.4 is 14.8 Å². The van der Waals surface area contributed by atoms with Crippen molar-refractivity contribution in [2.75, 3.05) is 20.7 Å². The number of likely N-dealkylation sites (tertiary alicyclic amines) is 1. The molecule has 1 N–H and O–H groups in total. The van der Waals surface area contributed by atoms with E-state index in [1.54, 1.807) is 7.11 Å². The van der Waals surface area contributed by atoms with Gasteiger partial charge in [-0.05, 0) is 55.4 Å². The number of ether oxygens (including phenoxy) is 2. The van der Waals surface area contributed by atoms with Crippen LogP contribution in [-0.2, 0) is 11.2 Å². The van der Waals surface area contributed by atoms with Gasteiger partial charge in [0.15, 0.2) is 0 Å². The van der Waals surface area contributed by atoms with Crippen molar-refractivity contribution in [1.82, 2.24) is 20.4 Å². The molecule has 8 nitrogen and oxygen atoms in total. The number of methoxy groups -OCH3 is 1. The van der Waals surface area contributed by atoms with Gasteiger partial charge in [-0.15, -0.1) is 13.2 Å². The first-order valence-electron chi connectivity index (χ1n) is 10.5. The van der Waals surface area contributed by atoms with Crippen LogP contribution in [0.3, 0.4) is 0 Å². The second-order valence-electron chi connectivity index (χ2n) is 8.01. The molecule has 1 fully saturated rings. The monoisotopic (exact) mass is 476 g/mol. The summed E-state index contributed by atoms with van der Waals surface area (Å²) in [5, 5.41) is 6.99. The van der Waals surface area contributed by atoms with Gasteiger partial charge in [-0.1, -0.05) is 17.3 Å². The molecule has 0 aliphatic carbocycles. The minimum Gasteiger partial charge on any atom is -0.497 e. The number of hydrogen-bond donors (Lipinski definition) is 1. The lowest BCUT2D eigenvalue weighted by molar-refractivity contribution is -0.274. The van der Waals surface area contributed by atoms with Crippen LogP contribution in [0.2, 0.25) is 0 Å². The highest BCUT2D eigenvalue weighted by Crippen LogP contribution is 2.31. The number of rotatable bonds is 7. The third-order valence-electron chi connectivity index (χ3n) is 5.51. The molecule has 2 aromatic carbocycles. The lowest BCUT2D eigenvalue weighted by Gasteiger charge is -2.14. The molecule has 180 valence electrons. The standard InChI is InChI=1S/C23H23F3N4O4/c1-30-13-16(27-20(31)11-14-3-7-17(32-2)8-4-14)12-19(30)22-28-21(29-34-22)15-5-9-18(10-6-15)33-23(24,25)26/h3-10,16,19H,11-13H2,1-2H3,(H,27,31). The molecule has 1 saturated heterocycles. The SMILES string of the molecule is COc1ccc(CC(=O)NC2CC(c3nc(-c4ccc(OC(F)(F)F)cc4)no3)N(C)C2)cc1. The van der Waals surface area contributed by atoms with Crippen LogP contribution in [0, 0.1) is 0 Å². The Hall–Kier alpha value is -3.60. The number of nitrogens with zero attached hydrogens (tertiary/aromatic N) is 3. The number of aromatic nitrogens is 2. The smallest absolute Gasteiger partial charge is 0.497 e. The molecule has 34 heavy (non-hydrogen) atoms. The number of carbonyl (C=O) groups excluding carboxylic acids is 1. The summed E-state index contributed by atoms with van der Waals surface area (Å²) in [4.78, 5) is 18.9. The van der Waals surface area contributed by atoms with Crippen molar-refractivity contribution >= 4 is 5.91 Å². The van der Waals surface area contributed by atoms with Gasteiger partial charge in [0.1, 0.15) is 11.5 Å². The largest absolute Gasteiger partial charge is 0.573 e. The van der Waals surface area contributed by atoms with E-state index in [-0.39, 0.29) is 36.0 Å². The fourth-order valence-corrected chi connectivity index (χ4v) is 3.89. The first-order valence-corrected chi connectivity index (χ1v) is 10.5. The van der Waals surface area contributed by atoms with E-state index >= 15 is 0 Å². The molecule has 2 heterocycles. The van der Waals surface area contributed by atoms with Crippen LogP contribution in [0.15, 0.2) is 53.1 Å². The molecular formula is C23H23F3N4O4. The Morgan fingerprint density at radius 2 is 1.82 bits per heavy atom. The van der Waals surface area contributed by atoms with Crippen LogP contribution in [0.4, 0.5) is 13.2 Å². The van der Waals surface area contributed by atoms with Crippen LogP contribution in [0.1, 0.15) is 23.9 Å². The van der Waals surface area contributed by atoms with Crippen LogP contribution in [0.25, 0.3) is 11.4 Å². The maximum absolute atomic E-state index is 12.5. The molecular weight excluding hydrogens is 453 g/mol. The Kier molecular flexibility index (Phi) is 6.73. The summed E-state index contributed by atoms with van der Waals surface area (Å²) in [5.74, 6) is 0.947. The van der Waals surface area contributed by atoms with E-state index < -0.39 is 6.36 Å². The Morgan fingerprint density at radius 1 is 1.15 bits per heavy atom. The van der Waals surface area contributed by atoms with Crippen molar-refractivity contribution in [3.63, 3.8) is 0 Å². The van der Waals surface area contributed by atoms with E-state index in [1.165, 1.54) is 24.3 Å². The van der Waals surface area contributed by atoms with E-state index in [4.69, 9.17) is 9.26 Å². The van der Waals surface area contributed by atoms with Gasteiger partial charge < -0.3 is 19.3 Å². The van der Waals surface area contributed by atoms with E-state index in [0.29, 0.717) is 24.4 Å².